The molecule has 0 aliphatic carbocycles. The van der Waals surface area contributed by atoms with Crippen molar-refractivity contribution in [3.05, 3.63) is 78.1 Å². The number of nitrogens with one attached hydrogen (secondary N) is 1. The molecule has 0 radical (unpaired) electrons. The van der Waals surface area contributed by atoms with Crippen molar-refractivity contribution in [2.24, 2.45) is 0 Å². The maximum absolute atomic E-state index is 15.1. The largest absolute Gasteiger partial charge is 0.368 e. The van der Waals surface area contributed by atoms with Crippen LogP contribution in [0.3, 0.4) is 0 Å². The number of hydrogen-bond donors (Lipinski definition) is 1. The number of aromatic nitrogens is 3. The van der Waals surface area contributed by atoms with Crippen LogP contribution in [0.4, 0.5) is 14.5 Å². The van der Waals surface area contributed by atoms with Gasteiger partial charge in [0.05, 0.1) is 12.6 Å². The summed E-state index contributed by atoms with van der Waals surface area (Å²) in [5.74, 6) is -0.210. The molecule has 5 rings (SSSR count). The van der Waals surface area contributed by atoms with Crippen molar-refractivity contribution in [1.29, 1.82) is 0 Å². The van der Waals surface area contributed by atoms with E-state index < -0.39 is 6.17 Å². The monoisotopic (exact) mass is 469 g/mol. The maximum Gasteiger partial charge on any atom is 0.138 e. The van der Waals surface area contributed by atoms with E-state index in [9.17, 15) is 4.39 Å². The highest BCUT2D eigenvalue weighted by Crippen LogP contribution is 2.38. The average molecular weight is 470 g/mol. The molecule has 0 bridgehead atoms. The lowest BCUT2D eigenvalue weighted by Crippen LogP contribution is -2.44. The molecule has 33 heavy (non-hydrogen) atoms. The van der Waals surface area contributed by atoms with Crippen molar-refractivity contribution in [3.8, 4) is 0 Å². The normalized spacial score (nSPS) is 28.1. The number of nitrogens with zero attached hydrogens (tertiary/aromatic N) is 4. The third kappa shape index (κ3) is 4.92. The highest BCUT2D eigenvalue weighted by atomic mass is 32.2. The van der Waals surface area contributed by atoms with Crippen molar-refractivity contribution < 1.29 is 8.78 Å². The van der Waals surface area contributed by atoms with E-state index in [-0.39, 0.29) is 23.7 Å². The molecule has 1 unspecified atom stereocenters. The first-order valence-corrected chi connectivity index (χ1v) is 12.5. The van der Waals surface area contributed by atoms with E-state index in [0.717, 1.165) is 17.8 Å². The molecule has 1 aromatic heterocycles. The SMILES string of the molecule is C[C@@H]1NC[C@@H](c2ccccc2)SC1Cc1ccc(N2CC[C@@H](n3cnnc3)[C@H](F)C2)cc1F. The summed E-state index contributed by atoms with van der Waals surface area (Å²) in [4.78, 5) is 1.93. The van der Waals surface area contributed by atoms with Crippen molar-refractivity contribution in [3.63, 3.8) is 0 Å². The van der Waals surface area contributed by atoms with Gasteiger partial charge in [-0.05, 0) is 43.0 Å². The van der Waals surface area contributed by atoms with Crippen molar-refractivity contribution in [2.75, 3.05) is 24.5 Å². The maximum atomic E-state index is 15.1. The minimum absolute atomic E-state index is 0.210. The Labute approximate surface area is 197 Å². The number of rotatable bonds is 5. The van der Waals surface area contributed by atoms with Gasteiger partial charge in [-0.1, -0.05) is 36.4 Å². The van der Waals surface area contributed by atoms with Gasteiger partial charge in [0, 0.05) is 35.3 Å². The summed E-state index contributed by atoms with van der Waals surface area (Å²) in [7, 11) is 0. The summed E-state index contributed by atoms with van der Waals surface area (Å²) in [5, 5.41) is 11.8. The highest BCUT2D eigenvalue weighted by molar-refractivity contribution is 8.00. The van der Waals surface area contributed by atoms with E-state index >= 15 is 4.39 Å². The van der Waals surface area contributed by atoms with Crippen molar-refractivity contribution >= 4 is 17.4 Å². The summed E-state index contributed by atoms with van der Waals surface area (Å²) in [6.07, 6.45) is 3.35. The molecular formula is C25H29F2N5S. The molecule has 2 saturated heterocycles. The second-order valence-corrected chi connectivity index (χ2v) is 10.4. The van der Waals surface area contributed by atoms with Crippen LogP contribution in [-0.4, -0.2) is 51.9 Å². The van der Waals surface area contributed by atoms with Gasteiger partial charge in [-0.3, -0.25) is 0 Å². The number of alkyl halides is 1. The lowest BCUT2D eigenvalue weighted by atomic mass is 10.0. The quantitative estimate of drug-likeness (QED) is 0.593. The Bertz CT molecular complexity index is 1050. The van der Waals surface area contributed by atoms with Crippen LogP contribution in [0.1, 0.15) is 35.8 Å². The first-order chi connectivity index (χ1) is 16.1. The molecule has 2 aromatic carbocycles. The smallest absolute Gasteiger partial charge is 0.138 e. The standard InChI is InChI=1S/C25H29F2N5S/c1-17-24(33-25(13-28-17)18-5-3-2-4-6-18)11-19-7-8-20(12-21(19)26)31-10-9-23(22(27)14-31)32-15-29-30-16-32/h2-8,12,15-17,22-25,28H,9-11,13-14H2,1H3/t17-,22+,23+,24?,25-/m0/s1. The first kappa shape index (κ1) is 22.3. The summed E-state index contributed by atoms with van der Waals surface area (Å²) in [6, 6.07) is 15.9. The van der Waals surface area contributed by atoms with Gasteiger partial charge in [0.15, 0.2) is 0 Å². The molecule has 5 nitrogen and oxygen atoms in total. The van der Waals surface area contributed by atoms with E-state index in [1.165, 1.54) is 5.56 Å². The van der Waals surface area contributed by atoms with Crippen LogP contribution < -0.4 is 10.2 Å². The lowest BCUT2D eigenvalue weighted by molar-refractivity contribution is 0.199. The zero-order chi connectivity index (χ0) is 22.8. The van der Waals surface area contributed by atoms with Gasteiger partial charge in [0.25, 0.3) is 0 Å². The van der Waals surface area contributed by atoms with Gasteiger partial charge in [0.2, 0.25) is 0 Å². The molecule has 0 saturated carbocycles. The third-order valence-corrected chi connectivity index (χ3v) is 8.53. The zero-order valence-electron chi connectivity index (χ0n) is 18.6. The Morgan fingerprint density at radius 2 is 1.91 bits per heavy atom. The minimum atomic E-state index is -1.06. The second kappa shape index (κ2) is 9.81. The molecule has 8 heteroatoms. The fraction of sp³-hybridized carbons (Fsp3) is 0.440. The third-order valence-electron chi connectivity index (χ3n) is 6.84. The zero-order valence-corrected chi connectivity index (χ0v) is 19.5. The predicted molar refractivity (Wildman–Crippen MR) is 129 cm³/mol. The molecular weight excluding hydrogens is 440 g/mol. The number of halogens is 2. The fourth-order valence-corrected chi connectivity index (χ4v) is 6.38. The lowest BCUT2D eigenvalue weighted by Gasteiger charge is -2.37. The number of anilines is 1. The Morgan fingerprint density at radius 3 is 2.64 bits per heavy atom. The summed E-state index contributed by atoms with van der Waals surface area (Å²) < 4.78 is 31.7. The number of thioether (sulfide) groups is 1. The average Bonchev–Trinajstić information content (AvgIpc) is 3.37. The molecule has 2 fully saturated rings. The number of hydrogen-bond acceptors (Lipinski definition) is 5. The molecule has 3 heterocycles. The Morgan fingerprint density at radius 1 is 1.12 bits per heavy atom. The van der Waals surface area contributed by atoms with Crippen LogP contribution in [0.2, 0.25) is 0 Å². The van der Waals surface area contributed by atoms with Crippen LogP contribution in [0.15, 0.2) is 61.2 Å². The molecule has 2 aliphatic heterocycles. The van der Waals surface area contributed by atoms with E-state index in [1.807, 2.05) is 34.9 Å². The Kier molecular flexibility index (Phi) is 6.64. The van der Waals surface area contributed by atoms with Gasteiger partial charge in [-0.15, -0.1) is 22.0 Å². The fourth-order valence-electron chi connectivity index (χ4n) is 4.85. The molecule has 0 spiro atoms. The van der Waals surface area contributed by atoms with Crippen LogP contribution in [0, 0.1) is 5.82 Å². The van der Waals surface area contributed by atoms with E-state index in [1.54, 1.807) is 23.3 Å². The predicted octanol–water partition coefficient (Wildman–Crippen LogP) is 4.58. The van der Waals surface area contributed by atoms with E-state index in [2.05, 4.69) is 46.7 Å². The molecule has 5 atom stereocenters. The minimum Gasteiger partial charge on any atom is -0.368 e. The van der Waals surface area contributed by atoms with Crippen LogP contribution in [-0.2, 0) is 6.42 Å². The van der Waals surface area contributed by atoms with Gasteiger partial charge in [0.1, 0.15) is 24.6 Å². The molecule has 3 aromatic rings. The molecule has 2 aliphatic rings. The topological polar surface area (TPSA) is 46.0 Å². The van der Waals surface area contributed by atoms with E-state index in [0.29, 0.717) is 30.7 Å². The second-order valence-electron chi connectivity index (χ2n) is 8.98. The molecule has 174 valence electrons. The number of benzene rings is 2. The summed E-state index contributed by atoms with van der Waals surface area (Å²) in [6.45, 7) is 4.00. The Balaban J connectivity index is 1.24. The van der Waals surface area contributed by atoms with Gasteiger partial charge in [-0.2, -0.15) is 0 Å². The summed E-state index contributed by atoms with van der Waals surface area (Å²) >= 11 is 1.93. The first-order valence-electron chi connectivity index (χ1n) is 11.5. The van der Waals surface area contributed by atoms with Crippen molar-refractivity contribution in [1.82, 2.24) is 20.1 Å². The molecule has 1 N–H and O–H groups in total. The van der Waals surface area contributed by atoms with Crippen LogP contribution in [0.25, 0.3) is 0 Å². The Hall–Kier alpha value is -2.45. The number of piperidine rings is 1. The van der Waals surface area contributed by atoms with Gasteiger partial charge >= 0.3 is 0 Å². The highest BCUT2D eigenvalue weighted by Gasteiger charge is 2.32. The van der Waals surface area contributed by atoms with Gasteiger partial charge in [-0.25, -0.2) is 8.78 Å². The van der Waals surface area contributed by atoms with Gasteiger partial charge < -0.3 is 14.8 Å². The molecule has 0 amide bonds. The van der Waals surface area contributed by atoms with Crippen LogP contribution in [0.5, 0.6) is 0 Å². The van der Waals surface area contributed by atoms with Crippen LogP contribution >= 0.6 is 11.8 Å². The van der Waals surface area contributed by atoms with Crippen molar-refractivity contribution in [2.45, 2.75) is 48.5 Å². The van der Waals surface area contributed by atoms with E-state index in [4.69, 9.17) is 0 Å². The summed E-state index contributed by atoms with van der Waals surface area (Å²) in [5.41, 5.74) is 2.76.